The first kappa shape index (κ1) is 17.3. The third-order valence-electron chi connectivity index (χ3n) is 2.88. The molecule has 0 fully saturated rings. The van der Waals surface area contributed by atoms with Crippen LogP contribution in [0, 0.1) is 0 Å². The number of hydrogen-bond donors (Lipinski definition) is 0. The molecule has 112 valence electrons. The lowest BCUT2D eigenvalue weighted by Gasteiger charge is -2.27. The molecule has 0 saturated heterocycles. The normalized spacial score (nSPS) is 27.0. The Hall–Kier alpha value is -0.0200. The zero-order chi connectivity index (χ0) is 15.9. The quantitative estimate of drug-likeness (QED) is 0.477. The van der Waals surface area contributed by atoms with E-state index < -0.39 is 10.8 Å². The molecule has 2 unspecified atom stereocenters. The maximum absolute atomic E-state index is 6.24. The van der Waals surface area contributed by atoms with Crippen molar-refractivity contribution in [2.75, 3.05) is 0 Å². The van der Waals surface area contributed by atoms with E-state index in [0.717, 1.165) is 0 Å². The Balaban J connectivity index is 2.42. The van der Waals surface area contributed by atoms with Gasteiger partial charge in [-0.1, -0.05) is 59.6 Å². The van der Waals surface area contributed by atoms with Crippen molar-refractivity contribution in [1.29, 1.82) is 0 Å². The number of ether oxygens (including phenoxy) is 1. The molecule has 0 N–H and O–H groups in total. The minimum atomic E-state index is -0.717. The molecule has 2 aliphatic carbocycles. The second-order valence-corrected chi connectivity index (χ2v) is 6.79. The summed E-state index contributed by atoms with van der Waals surface area (Å²) in [5.41, 5.74) is 0.951. The van der Waals surface area contributed by atoms with E-state index in [1.165, 1.54) is 12.2 Å². The molecule has 0 aliphatic heterocycles. The Bertz CT molecular complexity index is 596. The Morgan fingerprint density at radius 2 is 1.10 bits per heavy atom. The number of alkyl halides is 2. The lowest BCUT2D eigenvalue weighted by Crippen LogP contribution is -2.20. The molecule has 0 aromatic heterocycles. The van der Waals surface area contributed by atoms with Crippen molar-refractivity contribution < 1.29 is 4.74 Å². The molecule has 1 nitrogen and oxygen atoms in total. The minimum absolute atomic E-state index is 0.250. The molecule has 0 aromatic carbocycles. The highest BCUT2D eigenvalue weighted by molar-refractivity contribution is 6.40. The molecule has 2 atom stereocenters. The van der Waals surface area contributed by atoms with Crippen molar-refractivity contribution in [1.82, 2.24) is 0 Å². The SMILES string of the molecule is C=C1C(Cl)=CC(Cl)=C(OC2=C(Cl)C=C(Cl)C(=C)C2Cl)C1Cl. The van der Waals surface area contributed by atoms with Gasteiger partial charge in [-0.2, -0.15) is 0 Å². The van der Waals surface area contributed by atoms with Crippen molar-refractivity contribution in [3.05, 3.63) is 68.1 Å². The van der Waals surface area contributed by atoms with E-state index in [-0.39, 0.29) is 21.6 Å². The molecular formula is C14H8Cl6O. The molecule has 2 rings (SSSR count). The fraction of sp³-hybridized carbons (Fsp3) is 0.143. The van der Waals surface area contributed by atoms with Gasteiger partial charge in [0.25, 0.3) is 0 Å². The Morgan fingerprint density at radius 3 is 1.43 bits per heavy atom. The van der Waals surface area contributed by atoms with Gasteiger partial charge in [0.2, 0.25) is 0 Å². The number of halogens is 6. The summed E-state index contributed by atoms with van der Waals surface area (Å²) < 4.78 is 5.72. The largest absolute Gasteiger partial charge is 0.459 e. The highest BCUT2D eigenvalue weighted by Crippen LogP contribution is 2.42. The number of hydrogen-bond acceptors (Lipinski definition) is 1. The van der Waals surface area contributed by atoms with Crippen LogP contribution in [0.25, 0.3) is 0 Å². The molecule has 21 heavy (non-hydrogen) atoms. The van der Waals surface area contributed by atoms with Crippen LogP contribution in [0.3, 0.4) is 0 Å². The first-order valence-corrected chi connectivity index (χ1v) is 8.00. The molecule has 0 heterocycles. The Kier molecular flexibility index (Phi) is 5.46. The fourth-order valence-electron chi connectivity index (χ4n) is 1.67. The van der Waals surface area contributed by atoms with Gasteiger partial charge in [-0.15, -0.1) is 23.2 Å². The highest BCUT2D eigenvalue weighted by Gasteiger charge is 2.32. The zero-order valence-electron chi connectivity index (χ0n) is 10.4. The summed E-state index contributed by atoms with van der Waals surface area (Å²) in [6.45, 7) is 7.56. The summed E-state index contributed by atoms with van der Waals surface area (Å²) in [6.07, 6.45) is 3.00. The summed E-state index contributed by atoms with van der Waals surface area (Å²) >= 11 is 36.6. The second-order valence-electron chi connectivity index (χ2n) is 4.29. The van der Waals surface area contributed by atoms with Crippen LogP contribution < -0.4 is 0 Å². The predicted octanol–water partition coefficient (Wildman–Crippen LogP) is 6.50. The lowest BCUT2D eigenvalue weighted by atomic mass is 10.1. The average Bonchev–Trinajstić information content (AvgIpc) is 2.42. The van der Waals surface area contributed by atoms with Crippen molar-refractivity contribution >= 4 is 69.6 Å². The van der Waals surface area contributed by atoms with Crippen molar-refractivity contribution in [2.24, 2.45) is 0 Å². The number of allylic oxidation sites excluding steroid dienone is 8. The summed E-state index contributed by atoms with van der Waals surface area (Å²) in [7, 11) is 0. The van der Waals surface area contributed by atoms with Crippen LogP contribution in [-0.4, -0.2) is 10.8 Å². The highest BCUT2D eigenvalue weighted by atomic mass is 35.5. The van der Waals surface area contributed by atoms with Crippen LogP contribution in [0.15, 0.2) is 68.1 Å². The van der Waals surface area contributed by atoms with Gasteiger partial charge in [0.1, 0.15) is 22.3 Å². The van der Waals surface area contributed by atoms with E-state index in [0.29, 0.717) is 21.2 Å². The van der Waals surface area contributed by atoms with Gasteiger partial charge in [-0.3, -0.25) is 0 Å². The zero-order valence-corrected chi connectivity index (χ0v) is 14.9. The van der Waals surface area contributed by atoms with Crippen molar-refractivity contribution in [2.45, 2.75) is 10.8 Å². The van der Waals surface area contributed by atoms with Gasteiger partial charge in [0, 0.05) is 10.1 Å². The molecule has 0 amide bonds. The second kappa shape index (κ2) is 6.62. The van der Waals surface area contributed by atoms with Gasteiger partial charge < -0.3 is 4.74 Å². The summed E-state index contributed by atoms with van der Waals surface area (Å²) in [6, 6.07) is 0. The van der Waals surface area contributed by atoms with Crippen LogP contribution in [0.2, 0.25) is 0 Å². The standard InChI is InChI=1S/C14H8Cl6O/c1-5-7(15)3-9(17)13(11(5)19)21-14-10(18)4-8(16)6(2)12(14)20/h3-4,11-12H,1-2H2. The van der Waals surface area contributed by atoms with Gasteiger partial charge >= 0.3 is 0 Å². The smallest absolute Gasteiger partial charge is 0.145 e. The Labute approximate surface area is 152 Å². The first-order chi connectivity index (χ1) is 9.73. The Morgan fingerprint density at radius 1 is 0.762 bits per heavy atom. The molecule has 0 radical (unpaired) electrons. The van der Waals surface area contributed by atoms with Crippen LogP contribution >= 0.6 is 69.6 Å². The maximum Gasteiger partial charge on any atom is 0.145 e. The van der Waals surface area contributed by atoms with E-state index in [1.54, 1.807) is 0 Å². The average molecular weight is 405 g/mol. The fourth-order valence-corrected chi connectivity index (χ4v) is 3.51. The van der Waals surface area contributed by atoms with Gasteiger partial charge in [0.05, 0.1) is 10.1 Å². The van der Waals surface area contributed by atoms with Gasteiger partial charge in [0.15, 0.2) is 0 Å². The molecule has 0 aromatic rings. The molecule has 0 saturated carbocycles. The van der Waals surface area contributed by atoms with Crippen LogP contribution in [0.4, 0.5) is 0 Å². The lowest BCUT2D eigenvalue weighted by molar-refractivity contribution is 0.288. The molecular weight excluding hydrogens is 397 g/mol. The third kappa shape index (κ3) is 3.34. The van der Waals surface area contributed by atoms with Crippen LogP contribution in [0.5, 0.6) is 0 Å². The van der Waals surface area contributed by atoms with Crippen LogP contribution in [0.1, 0.15) is 0 Å². The summed E-state index contributed by atoms with van der Waals surface area (Å²) in [5.74, 6) is 0.511. The molecule has 0 bridgehead atoms. The molecule has 7 heteroatoms. The monoisotopic (exact) mass is 402 g/mol. The van der Waals surface area contributed by atoms with Gasteiger partial charge in [-0.25, -0.2) is 0 Å². The van der Waals surface area contributed by atoms with E-state index in [4.69, 9.17) is 74.3 Å². The van der Waals surface area contributed by atoms with E-state index in [1.807, 2.05) is 0 Å². The number of rotatable bonds is 2. The van der Waals surface area contributed by atoms with Gasteiger partial charge in [-0.05, 0) is 23.3 Å². The third-order valence-corrected chi connectivity index (χ3v) is 5.10. The molecule has 0 spiro atoms. The van der Waals surface area contributed by atoms with E-state index >= 15 is 0 Å². The minimum Gasteiger partial charge on any atom is -0.459 e. The topological polar surface area (TPSA) is 9.23 Å². The van der Waals surface area contributed by atoms with E-state index in [9.17, 15) is 0 Å². The maximum atomic E-state index is 6.24. The summed E-state index contributed by atoms with van der Waals surface area (Å²) in [4.78, 5) is 0. The van der Waals surface area contributed by atoms with E-state index in [2.05, 4.69) is 13.2 Å². The first-order valence-electron chi connectivity index (χ1n) is 5.62. The van der Waals surface area contributed by atoms with Crippen molar-refractivity contribution in [3.8, 4) is 0 Å². The summed E-state index contributed by atoms with van der Waals surface area (Å²) in [5, 5.41) is -0.202. The van der Waals surface area contributed by atoms with Crippen LogP contribution in [-0.2, 0) is 4.74 Å². The predicted molar refractivity (Wildman–Crippen MR) is 92.3 cm³/mol. The van der Waals surface area contributed by atoms with Crippen molar-refractivity contribution in [3.63, 3.8) is 0 Å². The molecule has 2 aliphatic rings.